The number of carbonyl (C=O) groups excluding carboxylic acids is 2. The van der Waals surface area contributed by atoms with Gasteiger partial charge in [0.15, 0.2) is 0 Å². The topological polar surface area (TPSA) is 193 Å². The smallest absolute Gasteiger partial charge is 0.247 e. The van der Waals surface area contributed by atoms with Gasteiger partial charge in [0.2, 0.25) is 23.7 Å². The number of rotatable bonds is 21. The first kappa shape index (κ1) is 57.7. The summed E-state index contributed by atoms with van der Waals surface area (Å²) in [6.07, 6.45) is 18.7. The number of nitrogens with zero attached hydrogens (tertiary/aromatic N) is 12. The van der Waals surface area contributed by atoms with Crippen LogP contribution in [0.1, 0.15) is 24.0 Å². The van der Waals surface area contributed by atoms with Gasteiger partial charge in [0, 0.05) is 137 Å². The molecule has 9 aromatic rings. The van der Waals surface area contributed by atoms with E-state index in [4.69, 9.17) is 24.4 Å². The largest absolute Gasteiger partial charge is 0.494 e. The van der Waals surface area contributed by atoms with Crippen LogP contribution >= 0.6 is 0 Å². The molecule has 0 unspecified atom stereocenters. The fourth-order valence-electron chi connectivity index (χ4n) is 10.9. The number of hydrogen-bond donors (Lipinski definition) is 4. The van der Waals surface area contributed by atoms with Crippen LogP contribution in [0, 0.1) is 0 Å². The van der Waals surface area contributed by atoms with Crippen LogP contribution < -0.4 is 40.5 Å². The lowest BCUT2D eigenvalue weighted by Crippen LogP contribution is -2.29. The van der Waals surface area contributed by atoms with E-state index >= 15 is 0 Å². The van der Waals surface area contributed by atoms with Gasteiger partial charge in [-0.25, -0.2) is 19.9 Å². The highest BCUT2D eigenvalue weighted by Gasteiger charge is 2.24. The number of carbonyl (C=O) groups is 2. The maximum atomic E-state index is 12.4. The molecule has 2 amide bonds. The zero-order valence-electron chi connectivity index (χ0n) is 49.5. The van der Waals surface area contributed by atoms with Crippen LogP contribution in [0.15, 0.2) is 129 Å². The molecule has 11 rings (SSSR count). The molecule has 0 fully saturated rings. The molecule has 84 heavy (non-hydrogen) atoms. The minimum Gasteiger partial charge on any atom is -0.494 e. The summed E-state index contributed by atoms with van der Waals surface area (Å²) in [5.74, 6) is 1.44. The Labute approximate surface area is 490 Å². The Morgan fingerprint density at radius 2 is 1.14 bits per heavy atom. The van der Waals surface area contributed by atoms with Gasteiger partial charge in [0.25, 0.3) is 0 Å². The molecular weight excluding hydrogens is 1060 g/mol. The zero-order valence-corrected chi connectivity index (χ0v) is 49.5. The number of para-hydroxylation sites is 2. The highest BCUT2D eigenvalue weighted by Crippen LogP contribution is 2.43. The molecule has 2 aliphatic heterocycles. The summed E-state index contributed by atoms with van der Waals surface area (Å²) in [5.41, 5.74) is 15.1. The second kappa shape index (κ2) is 25.3. The molecule has 4 aromatic carbocycles. The second-order valence-electron chi connectivity index (χ2n) is 21.7. The van der Waals surface area contributed by atoms with E-state index in [0.717, 1.165) is 110 Å². The number of ether oxygens (including phenoxy) is 2. The second-order valence-corrected chi connectivity index (χ2v) is 21.7. The minimum atomic E-state index is -0.305. The molecule has 0 atom stereocenters. The normalized spacial score (nSPS) is 12.4. The number of anilines is 8. The van der Waals surface area contributed by atoms with Crippen LogP contribution in [0.25, 0.3) is 55.4 Å². The molecule has 20 nitrogen and oxygen atoms in total. The van der Waals surface area contributed by atoms with Crippen molar-refractivity contribution in [1.82, 2.24) is 48.7 Å². The minimum absolute atomic E-state index is 0.292. The number of benzene rings is 4. The Morgan fingerprint density at radius 3 is 1.64 bits per heavy atom. The fraction of sp³-hybridized carbons (Fsp3) is 0.297. The predicted molar refractivity (Wildman–Crippen MR) is 339 cm³/mol. The molecule has 434 valence electrons. The molecular formula is C64H74N16O4. The maximum Gasteiger partial charge on any atom is 0.247 e. The summed E-state index contributed by atoms with van der Waals surface area (Å²) in [5, 5.41) is 19.4. The third-order valence-electron chi connectivity index (χ3n) is 15.2. The molecule has 0 radical (unpaired) electrons. The van der Waals surface area contributed by atoms with Crippen molar-refractivity contribution < 1.29 is 19.1 Å². The van der Waals surface area contributed by atoms with Gasteiger partial charge in [-0.1, -0.05) is 49.6 Å². The van der Waals surface area contributed by atoms with E-state index in [1.807, 2.05) is 98.3 Å². The van der Waals surface area contributed by atoms with Crippen molar-refractivity contribution in [3.05, 3.63) is 140 Å². The number of hydrogen-bond acceptors (Lipinski definition) is 15. The first-order valence-corrected chi connectivity index (χ1v) is 28.1. The zero-order chi connectivity index (χ0) is 59.2. The molecule has 0 bridgehead atoms. The first-order valence-electron chi connectivity index (χ1n) is 28.1. The van der Waals surface area contributed by atoms with Crippen molar-refractivity contribution in [3.63, 3.8) is 0 Å². The molecule has 0 spiro atoms. The number of aromatic nitrogens is 8. The summed E-state index contributed by atoms with van der Waals surface area (Å²) < 4.78 is 18.0. The van der Waals surface area contributed by atoms with Gasteiger partial charge in [0.05, 0.1) is 77.0 Å². The molecule has 2 aliphatic rings. The summed E-state index contributed by atoms with van der Waals surface area (Å²) in [6.45, 7) is 12.4. The molecule has 0 aliphatic carbocycles. The fourth-order valence-corrected chi connectivity index (χ4v) is 10.9. The highest BCUT2D eigenvalue weighted by atomic mass is 16.5. The monoisotopic (exact) mass is 1130 g/mol. The Bertz CT molecular complexity index is 3910. The molecule has 20 heteroatoms. The number of aryl methyl sites for hydroxylation is 5. The van der Waals surface area contributed by atoms with Crippen molar-refractivity contribution in [2.24, 2.45) is 7.05 Å². The lowest BCUT2D eigenvalue weighted by molar-refractivity contribution is -0.112. The quantitative estimate of drug-likeness (QED) is 0.0497. The van der Waals surface area contributed by atoms with Crippen molar-refractivity contribution in [3.8, 4) is 45.1 Å². The van der Waals surface area contributed by atoms with Gasteiger partial charge in [-0.2, -0.15) is 5.10 Å². The molecule has 5 aromatic heterocycles. The van der Waals surface area contributed by atoms with E-state index in [-0.39, 0.29) is 11.8 Å². The van der Waals surface area contributed by atoms with Gasteiger partial charge < -0.3 is 59.5 Å². The van der Waals surface area contributed by atoms with Crippen molar-refractivity contribution in [2.75, 3.05) is 114 Å². The summed E-state index contributed by atoms with van der Waals surface area (Å²) in [7, 11) is 17.2. The Kier molecular flexibility index (Phi) is 17.4. The summed E-state index contributed by atoms with van der Waals surface area (Å²) in [4.78, 5) is 52.3. The van der Waals surface area contributed by atoms with E-state index in [1.54, 1.807) is 25.1 Å². The van der Waals surface area contributed by atoms with Gasteiger partial charge in [0.1, 0.15) is 11.5 Å². The number of methoxy groups -OCH3 is 2. The number of nitrogens with one attached hydrogen (secondary N) is 4. The van der Waals surface area contributed by atoms with E-state index in [2.05, 4.69) is 122 Å². The Balaban J connectivity index is 0.000000189. The summed E-state index contributed by atoms with van der Waals surface area (Å²) >= 11 is 0. The van der Waals surface area contributed by atoms with E-state index in [1.165, 1.54) is 45.1 Å². The lowest BCUT2D eigenvalue weighted by Gasteiger charge is -2.26. The van der Waals surface area contributed by atoms with E-state index in [0.29, 0.717) is 46.1 Å². The van der Waals surface area contributed by atoms with Crippen LogP contribution in [0.2, 0.25) is 0 Å². The molecule has 0 saturated carbocycles. The Morgan fingerprint density at radius 1 is 0.619 bits per heavy atom. The third kappa shape index (κ3) is 12.4. The van der Waals surface area contributed by atoms with Crippen LogP contribution in [-0.4, -0.2) is 143 Å². The third-order valence-corrected chi connectivity index (χ3v) is 15.2. The lowest BCUT2D eigenvalue weighted by atomic mass is 9.99. The highest BCUT2D eigenvalue weighted by molar-refractivity contribution is 6.04. The first-order chi connectivity index (χ1) is 40.6. The average molecular weight is 1130 g/mol. The SMILES string of the molecule is C=CC(=O)Nc1cc(Nc2ncc(-c3cnn(C)c3)c(-c3cn4c5c(cccc35)CCC4)n2)c(OC)cc1N(C)CCN(C)C.C=CC(=O)Nc1cc(Nc2nccc(-c3cn4c5c(cccc35)CCC4)n2)c(OC)cc1N(C)CCN(C)C. The van der Waals surface area contributed by atoms with Crippen molar-refractivity contribution in [2.45, 2.75) is 38.8 Å². The predicted octanol–water partition coefficient (Wildman–Crippen LogP) is 10.2. The standard InChI is InChI=1S/C34H39N9O2.C30H35N7O2/c1-7-31(44)37-27-16-28(30(45-6)17-29(27)41(4)15-14-40(2)3)38-34-35-19-25(23-18-36-42(5)20-23)32(39-34)26-21-43-13-9-11-22-10-8-12-24(26)33(22)43;1-6-28(38)32-24-17-25(27(39-5)18-26(24)36(4)16-15-35(2)3)34-30-31-13-12-23(33-30)22-19-37-14-8-10-20-9-7-11-21(22)29(20)37/h7-8,10,12,16-21H,1,9,11,13-15H2,2-6H3,(H,37,44)(H,35,38,39);6-7,9,11-13,17-19H,1,8,10,14-16H2,2-5H3,(H,32,38)(H,31,33,34). The van der Waals surface area contributed by atoms with Crippen LogP contribution in [0.5, 0.6) is 11.5 Å². The van der Waals surface area contributed by atoms with Gasteiger partial charge in [-0.05, 0) is 95.4 Å². The van der Waals surface area contributed by atoms with Crippen LogP contribution in [0.3, 0.4) is 0 Å². The van der Waals surface area contributed by atoms with E-state index in [9.17, 15) is 9.59 Å². The Hall–Kier alpha value is -9.53. The average Bonchev–Trinajstić information content (AvgIpc) is 3.31. The van der Waals surface area contributed by atoms with Gasteiger partial charge in [-0.15, -0.1) is 0 Å². The van der Waals surface area contributed by atoms with Crippen molar-refractivity contribution >= 4 is 79.6 Å². The van der Waals surface area contributed by atoms with E-state index < -0.39 is 0 Å². The van der Waals surface area contributed by atoms with Crippen molar-refractivity contribution in [1.29, 1.82) is 0 Å². The van der Waals surface area contributed by atoms with Gasteiger partial charge >= 0.3 is 0 Å². The number of amides is 2. The molecule has 4 N–H and O–H groups in total. The summed E-state index contributed by atoms with van der Waals surface area (Å²) in [6, 6.07) is 22.5. The van der Waals surface area contributed by atoms with Crippen LogP contribution in [-0.2, 0) is 42.6 Å². The molecule has 7 heterocycles. The molecule has 0 saturated heterocycles. The number of likely N-dealkylation sites (N-methyl/N-ethyl adjacent to an activating group) is 4. The van der Waals surface area contributed by atoms with Crippen LogP contribution in [0.4, 0.5) is 46.0 Å². The van der Waals surface area contributed by atoms with Gasteiger partial charge in [-0.3, -0.25) is 14.3 Å². The maximum absolute atomic E-state index is 12.4.